The molecule has 1 N–H and O–H groups in total. The average Bonchev–Trinajstić information content (AvgIpc) is 3.20. The van der Waals surface area contributed by atoms with Crippen molar-refractivity contribution in [2.24, 2.45) is 0 Å². The number of hydrogen-bond acceptors (Lipinski definition) is 6. The van der Waals surface area contributed by atoms with Crippen LogP contribution in [0.1, 0.15) is 48.2 Å². The van der Waals surface area contributed by atoms with Crippen LogP contribution < -0.4 is 14.8 Å². The summed E-state index contributed by atoms with van der Waals surface area (Å²) in [6.07, 6.45) is 0.847. The Hall–Kier alpha value is -2.22. The number of carbonyl (C=O) groups excluding carboxylic acids is 1. The first-order valence-corrected chi connectivity index (χ1v) is 11.2. The van der Waals surface area contributed by atoms with Crippen molar-refractivity contribution in [3.8, 4) is 11.5 Å². The van der Waals surface area contributed by atoms with E-state index in [9.17, 15) is 4.79 Å². The second-order valence-electron chi connectivity index (χ2n) is 7.39. The van der Waals surface area contributed by atoms with Crippen LogP contribution in [-0.2, 0) is 4.74 Å². The highest BCUT2D eigenvalue weighted by Gasteiger charge is 2.26. The summed E-state index contributed by atoms with van der Waals surface area (Å²) in [5, 5.41) is 3.38. The first-order chi connectivity index (χ1) is 15.0. The van der Waals surface area contributed by atoms with Gasteiger partial charge in [-0.3, -0.25) is 9.69 Å². The number of morpholine rings is 1. The standard InChI is InChI=1S/C23H31ClN2O5/c1-4-10-30-22-18(24)13-17(14-21(22)29-5-2)23(27)25-15-19(20-7-6-16(3)31-20)26-8-11-28-12-9-26/h6-7,13-14,19H,4-5,8-12,15H2,1-3H3,(H,25,27). The molecule has 0 radical (unpaired) electrons. The lowest BCUT2D eigenvalue weighted by Gasteiger charge is -2.33. The summed E-state index contributed by atoms with van der Waals surface area (Å²) in [5.41, 5.74) is 0.425. The van der Waals surface area contributed by atoms with Crippen molar-refractivity contribution in [2.45, 2.75) is 33.2 Å². The molecule has 0 bridgehead atoms. The molecule has 1 saturated heterocycles. The van der Waals surface area contributed by atoms with Gasteiger partial charge >= 0.3 is 0 Å². The Morgan fingerprint density at radius 1 is 1.23 bits per heavy atom. The molecule has 2 aromatic rings. The highest BCUT2D eigenvalue weighted by atomic mass is 35.5. The number of rotatable bonds is 10. The van der Waals surface area contributed by atoms with Gasteiger partial charge in [0, 0.05) is 25.2 Å². The van der Waals surface area contributed by atoms with E-state index in [0.717, 1.165) is 31.0 Å². The van der Waals surface area contributed by atoms with Crippen molar-refractivity contribution < 1.29 is 23.4 Å². The number of nitrogens with one attached hydrogen (secondary N) is 1. The summed E-state index contributed by atoms with van der Waals surface area (Å²) in [6.45, 7) is 10.1. The van der Waals surface area contributed by atoms with Crippen LogP contribution in [-0.4, -0.2) is 56.9 Å². The molecule has 1 aliphatic heterocycles. The van der Waals surface area contributed by atoms with Crippen molar-refractivity contribution in [3.05, 3.63) is 46.4 Å². The van der Waals surface area contributed by atoms with E-state index in [1.807, 2.05) is 32.9 Å². The van der Waals surface area contributed by atoms with Gasteiger partial charge in [-0.2, -0.15) is 0 Å². The third-order valence-corrected chi connectivity index (χ3v) is 5.33. The molecule has 31 heavy (non-hydrogen) atoms. The fourth-order valence-corrected chi connectivity index (χ4v) is 3.79. The van der Waals surface area contributed by atoms with E-state index < -0.39 is 0 Å². The van der Waals surface area contributed by atoms with Crippen LogP contribution >= 0.6 is 11.6 Å². The minimum Gasteiger partial charge on any atom is -0.490 e. The summed E-state index contributed by atoms with van der Waals surface area (Å²) < 4.78 is 22.7. The van der Waals surface area contributed by atoms with Gasteiger partial charge in [0.25, 0.3) is 5.91 Å². The molecule has 1 aliphatic rings. The van der Waals surface area contributed by atoms with Crippen LogP contribution in [0.4, 0.5) is 0 Å². The summed E-state index contributed by atoms with van der Waals surface area (Å²) in [7, 11) is 0. The summed E-state index contributed by atoms with van der Waals surface area (Å²) in [6, 6.07) is 7.12. The molecule has 1 fully saturated rings. The minimum atomic E-state index is -0.230. The lowest BCUT2D eigenvalue weighted by molar-refractivity contribution is 0.0117. The quantitative estimate of drug-likeness (QED) is 0.584. The average molecular weight is 451 g/mol. The number of carbonyl (C=O) groups is 1. The largest absolute Gasteiger partial charge is 0.490 e. The van der Waals surface area contributed by atoms with Crippen molar-refractivity contribution in [3.63, 3.8) is 0 Å². The van der Waals surface area contributed by atoms with Gasteiger partial charge in [-0.15, -0.1) is 0 Å². The molecule has 2 heterocycles. The van der Waals surface area contributed by atoms with Crippen LogP contribution in [0.5, 0.6) is 11.5 Å². The molecule has 1 unspecified atom stereocenters. The number of nitrogens with zero attached hydrogens (tertiary/aromatic N) is 1. The first kappa shape index (κ1) is 23.4. The summed E-state index contributed by atoms with van der Waals surface area (Å²) in [4.78, 5) is 15.2. The van der Waals surface area contributed by atoms with Crippen molar-refractivity contribution >= 4 is 17.5 Å². The van der Waals surface area contributed by atoms with Crippen LogP contribution in [0, 0.1) is 6.92 Å². The van der Waals surface area contributed by atoms with Gasteiger partial charge in [0.05, 0.1) is 37.5 Å². The Morgan fingerprint density at radius 2 is 2.00 bits per heavy atom. The van der Waals surface area contributed by atoms with Crippen LogP contribution in [0.2, 0.25) is 5.02 Å². The molecule has 8 heteroatoms. The number of aryl methyl sites for hydroxylation is 1. The number of benzene rings is 1. The molecular weight excluding hydrogens is 420 g/mol. The minimum absolute atomic E-state index is 0.0736. The predicted molar refractivity (Wildman–Crippen MR) is 119 cm³/mol. The van der Waals surface area contributed by atoms with Gasteiger partial charge in [0.2, 0.25) is 0 Å². The summed E-state index contributed by atoms with van der Waals surface area (Å²) in [5.74, 6) is 2.39. The maximum atomic E-state index is 13.0. The molecule has 1 aromatic heterocycles. The monoisotopic (exact) mass is 450 g/mol. The van der Waals surface area contributed by atoms with Crippen molar-refractivity contribution in [1.29, 1.82) is 0 Å². The molecule has 0 saturated carbocycles. The summed E-state index contributed by atoms with van der Waals surface area (Å²) >= 11 is 6.41. The normalized spacial score (nSPS) is 15.5. The number of amides is 1. The van der Waals surface area contributed by atoms with Gasteiger partial charge in [-0.1, -0.05) is 18.5 Å². The van der Waals surface area contributed by atoms with E-state index in [4.69, 9.17) is 30.2 Å². The second-order valence-corrected chi connectivity index (χ2v) is 7.80. The highest BCUT2D eigenvalue weighted by Crippen LogP contribution is 2.37. The Bertz CT molecular complexity index is 864. The van der Waals surface area contributed by atoms with Crippen LogP contribution in [0.15, 0.2) is 28.7 Å². The molecule has 3 rings (SSSR count). The van der Waals surface area contributed by atoms with Gasteiger partial charge < -0.3 is 23.9 Å². The van der Waals surface area contributed by atoms with E-state index in [1.165, 1.54) is 0 Å². The lowest BCUT2D eigenvalue weighted by Crippen LogP contribution is -2.43. The maximum Gasteiger partial charge on any atom is 0.251 e. The number of halogens is 1. The van der Waals surface area contributed by atoms with Gasteiger partial charge in [0.15, 0.2) is 11.5 Å². The van der Waals surface area contributed by atoms with Gasteiger partial charge in [0.1, 0.15) is 11.5 Å². The fraction of sp³-hybridized carbons (Fsp3) is 0.522. The Labute approximate surface area is 188 Å². The number of ether oxygens (including phenoxy) is 3. The molecule has 0 aliphatic carbocycles. The molecule has 170 valence electrons. The van der Waals surface area contributed by atoms with Crippen LogP contribution in [0.25, 0.3) is 0 Å². The Kier molecular flexibility index (Phi) is 8.63. The van der Waals surface area contributed by atoms with Crippen LogP contribution in [0.3, 0.4) is 0 Å². The predicted octanol–water partition coefficient (Wildman–Crippen LogP) is 4.23. The maximum absolute atomic E-state index is 13.0. The highest BCUT2D eigenvalue weighted by molar-refractivity contribution is 6.32. The molecule has 1 amide bonds. The van der Waals surface area contributed by atoms with E-state index in [2.05, 4.69) is 10.2 Å². The SMILES string of the molecule is CCCOc1c(Cl)cc(C(=O)NCC(c2ccc(C)o2)N2CCOCC2)cc1OCC. The van der Waals surface area contributed by atoms with E-state index in [0.29, 0.717) is 55.1 Å². The fourth-order valence-electron chi connectivity index (χ4n) is 3.53. The topological polar surface area (TPSA) is 73.2 Å². The third-order valence-electron chi connectivity index (χ3n) is 5.05. The van der Waals surface area contributed by atoms with E-state index in [1.54, 1.807) is 12.1 Å². The number of furan rings is 1. The second kappa shape index (κ2) is 11.4. The third kappa shape index (κ3) is 6.15. The zero-order valence-corrected chi connectivity index (χ0v) is 19.2. The van der Waals surface area contributed by atoms with E-state index in [-0.39, 0.29) is 11.9 Å². The van der Waals surface area contributed by atoms with Gasteiger partial charge in [-0.25, -0.2) is 0 Å². The van der Waals surface area contributed by atoms with E-state index >= 15 is 0 Å². The van der Waals surface area contributed by atoms with Crippen molar-refractivity contribution in [1.82, 2.24) is 10.2 Å². The smallest absolute Gasteiger partial charge is 0.251 e. The zero-order valence-electron chi connectivity index (χ0n) is 18.4. The molecular formula is C23H31ClN2O5. The number of hydrogen-bond donors (Lipinski definition) is 1. The Morgan fingerprint density at radius 3 is 2.65 bits per heavy atom. The molecule has 7 nitrogen and oxygen atoms in total. The Balaban J connectivity index is 1.75. The van der Waals surface area contributed by atoms with Gasteiger partial charge in [-0.05, 0) is 44.5 Å². The zero-order chi connectivity index (χ0) is 22.2. The molecule has 1 atom stereocenters. The lowest BCUT2D eigenvalue weighted by atomic mass is 10.1. The molecule has 0 spiro atoms. The first-order valence-electron chi connectivity index (χ1n) is 10.8. The molecule has 1 aromatic carbocycles. The van der Waals surface area contributed by atoms with Crippen molar-refractivity contribution in [2.75, 3.05) is 46.1 Å².